The Morgan fingerprint density at radius 1 is 1.03 bits per heavy atom. The number of likely N-dealkylation sites (tertiary alicyclic amines) is 1. The number of nitro groups is 1. The third-order valence-corrected chi connectivity index (χ3v) is 7.86. The van der Waals surface area contributed by atoms with E-state index in [9.17, 15) is 19.7 Å². The standard InChI is InChI=1S/C30H37N5O4/c1-20-26(29(36)31-3)28(24-10-12-25(13-11-24)35(38)39)27(21(2)33-20)30(37)32-16-7-17-34-18-14-23(15-19-34)22-8-5-4-6-9-22/h4-6,8-13,23,26,28H,7,14-19H2,1-3H3,(H,31,36)(H,32,37). The Balaban J connectivity index is 1.40. The van der Waals surface area contributed by atoms with Crippen LogP contribution in [0.3, 0.4) is 0 Å². The molecule has 2 aliphatic heterocycles. The zero-order valence-electron chi connectivity index (χ0n) is 22.9. The lowest BCUT2D eigenvalue weighted by Crippen LogP contribution is -2.42. The average Bonchev–Trinajstić information content (AvgIpc) is 2.95. The van der Waals surface area contributed by atoms with Crippen LogP contribution in [0.4, 0.5) is 5.69 Å². The minimum atomic E-state index is -0.688. The Morgan fingerprint density at radius 3 is 2.31 bits per heavy atom. The second-order valence-corrected chi connectivity index (χ2v) is 10.3. The zero-order valence-corrected chi connectivity index (χ0v) is 22.9. The maximum atomic E-state index is 13.5. The number of carbonyl (C=O) groups is 2. The van der Waals surface area contributed by atoms with E-state index in [1.165, 1.54) is 17.7 Å². The Labute approximate surface area is 229 Å². The number of benzene rings is 2. The van der Waals surface area contributed by atoms with E-state index in [0.717, 1.165) is 38.9 Å². The highest BCUT2D eigenvalue weighted by molar-refractivity contribution is 6.09. The Morgan fingerprint density at radius 2 is 1.69 bits per heavy atom. The first-order chi connectivity index (χ1) is 18.8. The van der Waals surface area contributed by atoms with Gasteiger partial charge in [-0.2, -0.15) is 0 Å². The van der Waals surface area contributed by atoms with Gasteiger partial charge in [-0.1, -0.05) is 42.5 Å². The van der Waals surface area contributed by atoms with Crippen LogP contribution in [0.25, 0.3) is 0 Å². The van der Waals surface area contributed by atoms with Crippen LogP contribution in [0, 0.1) is 16.0 Å². The van der Waals surface area contributed by atoms with Crippen LogP contribution in [0.2, 0.25) is 0 Å². The third-order valence-electron chi connectivity index (χ3n) is 7.86. The molecule has 39 heavy (non-hydrogen) atoms. The number of piperidine rings is 1. The fourth-order valence-electron chi connectivity index (χ4n) is 5.81. The molecule has 2 aromatic carbocycles. The molecule has 2 atom stereocenters. The number of amides is 2. The Hall–Kier alpha value is -3.85. The van der Waals surface area contributed by atoms with Crippen molar-refractivity contribution in [2.45, 2.75) is 44.9 Å². The number of carbonyl (C=O) groups excluding carboxylic acids is 2. The lowest BCUT2D eigenvalue weighted by atomic mass is 9.75. The van der Waals surface area contributed by atoms with Gasteiger partial charge in [0, 0.05) is 48.6 Å². The number of nitrogens with one attached hydrogen (secondary N) is 2. The van der Waals surface area contributed by atoms with Gasteiger partial charge in [-0.3, -0.25) is 24.7 Å². The van der Waals surface area contributed by atoms with E-state index in [2.05, 4.69) is 50.9 Å². The summed E-state index contributed by atoms with van der Waals surface area (Å²) >= 11 is 0. The van der Waals surface area contributed by atoms with Crippen LogP contribution in [0.15, 0.2) is 70.9 Å². The molecule has 2 aliphatic rings. The van der Waals surface area contributed by atoms with Gasteiger partial charge in [0.05, 0.1) is 10.8 Å². The van der Waals surface area contributed by atoms with Gasteiger partial charge in [0.15, 0.2) is 0 Å². The SMILES string of the molecule is CNC(=O)C1C(C)=NC(C)=C(C(=O)NCCCN2CCC(c3ccccc3)CC2)C1c1ccc([N+](=O)[O-])cc1. The van der Waals surface area contributed by atoms with Crippen LogP contribution in [0.5, 0.6) is 0 Å². The monoisotopic (exact) mass is 531 g/mol. The van der Waals surface area contributed by atoms with Crippen molar-refractivity contribution in [3.05, 3.63) is 87.1 Å². The molecule has 1 saturated heterocycles. The van der Waals surface area contributed by atoms with E-state index >= 15 is 0 Å². The molecule has 2 N–H and O–H groups in total. The predicted molar refractivity (Wildman–Crippen MR) is 152 cm³/mol. The summed E-state index contributed by atoms with van der Waals surface area (Å²) in [6.45, 7) is 7.05. The molecule has 1 fully saturated rings. The van der Waals surface area contributed by atoms with Crippen LogP contribution in [0.1, 0.15) is 56.1 Å². The number of hydrogen-bond acceptors (Lipinski definition) is 6. The first-order valence-corrected chi connectivity index (χ1v) is 13.6. The topological polar surface area (TPSA) is 117 Å². The Bertz CT molecular complexity index is 1250. The molecule has 0 saturated carbocycles. The van der Waals surface area contributed by atoms with Gasteiger partial charge in [0.1, 0.15) is 0 Å². The average molecular weight is 532 g/mol. The summed E-state index contributed by atoms with van der Waals surface area (Å²) < 4.78 is 0. The second-order valence-electron chi connectivity index (χ2n) is 10.3. The molecule has 0 aliphatic carbocycles. The summed E-state index contributed by atoms with van der Waals surface area (Å²) in [6, 6.07) is 16.7. The largest absolute Gasteiger partial charge is 0.359 e. The van der Waals surface area contributed by atoms with Gasteiger partial charge in [-0.25, -0.2) is 0 Å². The molecular weight excluding hydrogens is 494 g/mol. The number of nitro benzene ring substituents is 1. The van der Waals surface area contributed by atoms with Crippen molar-refractivity contribution >= 4 is 23.2 Å². The highest BCUT2D eigenvalue weighted by atomic mass is 16.6. The van der Waals surface area contributed by atoms with Crippen molar-refractivity contribution in [2.24, 2.45) is 10.9 Å². The number of non-ortho nitro benzene ring substituents is 1. The van der Waals surface area contributed by atoms with E-state index in [-0.39, 0.29) is 17.5 Å². The lowest BCUT2D eigenvalue weighted by Gasteiger charge is -2.33. The van der Waals surface area contributed by atoms with Crippen LogP contribution in [-0.4, -0.2) is 60.6 Å². The molecule has 0 radical (unpaired) electrons. The molecule has 206 valence electrons. The molecule has 0 spiro atoms. The summed E-state index contributed by atoms with van der Waals surface area (Å²) in [5.74, 6) is -1.19. The summed E-state index contributed by atoms with van der Waals surface area (Å²) in [6.07, 6.45) is 3.09. The van der Waals surface area contributed by atoms with Crippen molar-refractivity contribution in [1.29, 1.82) is 0 Å². The molecule has 9 heteroatoms. The minimum Gasteiger partial charge on any atom is -0.359 e. The zero-order chi connectivity index (χ0) is 27.9. The molecule has 2 unspecified atom stereocenters. The second kappa shape index (κ2) is 12.8. The summed E-state index contributed by atoms with van der Waals surface area (Å²) in [7, 11) is 1.55. The number of aliphatic imine (C=N–C) groups is 1. The summed E-state index contributed by atoms with van der Waals surface area (Å²) in [4.78, 5) is 44.1. The van der Waals surface area contributed by atoms with Crippen LogP contribution < -0.4 is 10.6 Å². The van der Waals surface area contributed by atoms with E-state index in [1.807, 2.05) is 0 Å². The van der Waals surface area contributed by atoms with Gasteiger partial charge < -0.3 is 15.5 Å². The van der Waals surface area contributed by atoms with E-state index in [1.54, 1.807) is 33.0 Å². The van der Waals surface area contributed by atoms with Crippen molar-refractivity contribution in [3.8, 4) is 0 Å². The van der Waals surface area contributed by atoms with Gasteiger partial charge in [0.25, 0.3) is 5.69 Å². The molecular formula is C30H37N5O4. The molecule has 9 nitrogen and oxygen atoms in total. The first-order valence-electron chi connectivity index (χ1n) is 13.6. The molecule has 0 bridgehead atoms. The molecule has 2 amide bonds. The Kier molecular flexibility index (Phi) is 9.24. The predicted octanol–water partition coefficient (Wildman–Crippen LogP) is 4.18. The molecule has 2 heterocycles. The van der Waals surface area contributed by atoms with Gasteiger partial charge in [0.2, 0.25) is 11.8 Å². The van der Waals surface area contributed by atoms with Crippen molar-refractivity contribution < 1.29 is 14.5 Å². The first kappa shape index (κ1) is 28.2. The minimum absolute atomic E-state index is 0.0454. The number of nitrogens with zero attached hydrogens (tertiary/aromatic N) is 3. The molecule has 0 aromatic heterocycles. The number of hydrogen-bond donors (Lipinski definition) is 2. The fraction of sp³-hybridized carbons (Fsp3) is 0.433. The van der Waals surface area contributed by atoms with E-state index in [4.69, 9.17) is 0 Å². The van der Waals surface area contributed by atoms with Crippen LogP contribution >= 0.6 is 0 Å². The van der Waals surface area contributed by atoms with Gasteiger partial charge in [-0.15, -0.1) is 0 Å². The van der Waals surface area contributed by atoms with Gasteiger partial charge >= 0.3 is 0 Å². The maximum absolute atomic E-state index is 13.5. The molecule has 2 aromatic rings. The lowest BCUT2D eigenvalue weighted by molar-refractivity contribution is -0.384. The normalized spacial score (nSPS) is 20.3. The summed E-state index contributed by atoms with van der Waals surface area (Å²) in [5, 5.41) is 16.9. The van der Waals surface area contributed by atoms with Gasteiger partial charge in [-0.05, 0) is 69.8 Å². The third kappa shape index (κ3) is 6.60. The fourth-order valence-corrected chi connectivity index (χ4v) is 5.81. The van der Waals surface area contributed by atoms with Crippen molar-refractivity contribution in [2.75, 3.05) is 33.2 Å². The summed E-state index contributed by atoms with van der Waals surface area (Å²) in [5.41, 5.74) is 3.61. The number of rotatable bonds is 9. The highest BCUT2D eigenvalue weighted by Crippen LogP contribution is 2.39. The van der Waals surface area contributed by atoms with E-state index in [0.29, 0.717) is 35.0 Å². The number of allylic oxidation sites excluding steroid dienone is 1. The quantitative estimate of drug-likeness (QED) is 0.286. The smallest absolute Gasteiger partial charge is 0.269 e. The van der Waals surface area contributed by atoms with Crippen molar-refractivity contribution in [1.82, 2.24) is 15.5 Å². The maximum Gasteiger partial charge on any atom is 0.269 e. The van der Waals surface area contributed by atoms with Crippen molar-refractivity contribution in [3.63, 3.8) is 0 Å². The highest BCUT2D eigenvalue weighted by Gasteiger charge is 2.40. The van der Waals surface area contributed by atoms with E-state index < -0.39 is 16.8 Å². The molecule has 4 rings (SSSR count). The van der Waals surface area contributed by atoms with Crippen LogP contribution in [-0.2, 0) is 9.59 Å².